The van der Waals surface area contributed by atoms with E-state index in [1.54, 1.807) is 0 Å². The summed E-state index contributed by atoms with van der Waals surface area (Å²) >= 11 is 0. The molecule has 5 nitrogen and oxygen atoms in total. The summed E-state index contributed by atoms with van der Waals surface area (Å²) in [6.45, 7) is 8.04. The van der Waals surface area contributed by atoms with Crippen LogP contribution in [0.15, 0.2) is 18.2 Å². The molecule has 5 heteroatoms. The van der Waals surface area contributed by atoms with Crippen LogP contribution in [0.4, 0.5) is 11.4 Å². The summed E-state index contributed by atoms with van der Waals surface area (Å²) in [5.41, 5.74) is 9.04. The van der Waals surface area contributed by atoms with Crippen molar-refractivity contribution >= 4 is 11.4 Å². The molecule has 0 bridgehead atoms. The minimum Gasteiger partial charge on any atom is -0.397 e. The molecule has 118 valence electrons. The highest BCUT2D eigenvalue weighted by atomic mass is 15.4. The van der Waals surface area contributed by atoms with E-state index in [0.717, 1.165) is 24.5 Å². The van der Waals surface area contributed by atoms with Crippen LogP contribution in [0, 0.1) is 0 Å². The third kappa shape index (κ3) is 4.59. The summed E-state index contributed by atoms with van der Waals surface area (Å²) in [5, 5.41) is 6.63. The van der Waals surface area contributed by atoms with Gasteiger partial charge < -0.3 is 20.9 Å². The molecule has 2 rings (SSSR count). The lowest BCUT2D eigenvalue weighted by atomic mass is 10.1. The molecule has 1 fully saturated rings. The van der Waals surface area contributed by atoms with Gasteiger partial charge in [-0.3, -0.25) is 4.90 Å². The van der Waals surface area contributed by atoms with Gasteiger partial charge in [0.25, 0.3) is 0 Å². The van der Waals surface area contributed by atoms with Gasteiger partial charge in [-0.2, -0.15) is 0 Å². The van der Waals surface area contributed by atoms with Crippen LogP contribution in [0.2, 0.25) is 0 Å². The van der Waals surface area contributed by atoms with Gasteiger partial charge in [0.05, 0.1) is 38.1 Å². The number of nitrogens with one attached hydrogen (secondary N) is 2. The molecular weight excluding hydrogens is 262 g/mol. The fourth-order valence-electron chi connectivity index (χ4n) is 2.80. The Labute approximate surface area is 128 Å². The van der Waals surface area contributed by atoms with E-state index in [0.29, 0.717) is 0 Å². The Balaban J connectivity index is 1.73. The van der Waals surface area contributed by atoms with Gasteiger partial charge in [-0.1, -0.05) is 6.07 Å². The number of likely N-dealkylation sites (N-methyl/N-ethyl adjacent to an activating group) is 2. The summed E-state index contributed by atoms with van der Waals surface area (Å²) in [6.07, 6.45) is 0. The highest BCUT2D eigenvalue weighted by Crippen LogP contribution is 2.18. The monoisotopic (exact) mass is 292 g/mol. The van der Waals surface area contributed by atoms with Crippen LogP contribution in [0.1, 0.15) is 5.56 Å². The molecule has 1 saturated heterocycles. The fraction of sp³-hybridized carbons (Fsp3) is 0.625. The van der Waals surface area contributed by atoms with Crippen molar-refractivity contribution < 1.29 is 4.48 Å². The number of quaternary nitrogens is 1. The quantitative estimate of drug-likeness (QED) is 0.412. The smallest absolute Gasteiger partial charge is 0.0914 e. The molecule has 1 aromatic carbocycles. The van der Waals surface area contributed by atoms with E-state index in [1.807, 2.05) is 19.2 Å². The highest BCUT2D eigenvalue weighted by molar-refractivity contribution is 5.66. The van der Waals surface area contributed by atoms with Crippen molar-refractivity contribution in [1.82, 2.24) is 10.2 Å². The number of nitrogens with zero attached hydrogens (tertiary/aromatic N) is 2. The van der Waals surface area contributed by atoms with E-state index in [1.165, 1.54) is 42.8 Å². The zero-order valence-corrected chi connectivity index (χ0v) is 13.7. The topological polar surface area (TPSA) is 53.3 Å². The fourth-order valence-corrected chi connectivity index (χ4v) is 2.80. The summed E-state index contributed by atoms with van der Waals surface area (Å²) < 4.78 is 1.18. The molecule has 0 unspecified atom stereocenters. The predicted molar refractivity (Wildman–Crippen MR) is 90.4 cm³/mol. The second-order valence-electron chi connectivity index (χ2n) is 6.44. The molecular formula is C16H30N5+. The largest absolute Gasteiger partial charge is 0.397 e. The lowest BCUT2D eigenvalue weighted by molar-refractivity contribution is -0.912. The summed E-state index contributed by atoms with van der Waals surface area (Å²) in [5.74, 6) is 0. The molecule has 0 radical (unpaired) electrons. The van der Waals surface area contributed by atoms with E-state index in [-0.39, 0.29) is 0 Å². The molecule has 0 amide bonds. The summed E-state index contributed by atoms with van der Waals surface area (Å²) in [4.78, 5) is 2.42. The van der Waals surface area contributed by atoms with E-state index in [4.69, 9.17) is 5.73 Å². The zero-order valence-electron chi connectivity index (χ0n) is 13.7. The molecule has 0 saturated carbocycles. The minimum absolute atomic E-state index is 0.815. The Kier molecular flexibility index (Phi) is 5.45. The van der Waals surface area contributed by atoms with Crippen molar-refractivity contribution in [2.24, 2.45) is 0 Å². The number of benzene rings is 1. The molecule has 4 N–H and O–H groups in total. The second-order valence-corrected chi connectivity index (χ2v) is 6.44. The first kappa shape index (κ1) is 16.1. The van der Waals surface area contributed by atoms with Crippen LogP contribution < -0.4 is 16.4 Å². The van der Waals surface area contributed by atoms with E-state index < -0.39 is 0 Å². The van der Waals surface area contributed by atoms with Gasteiger partial charge in [-0.15, -0.1) is 0 Å². The average molecular weight is 292 g/mol. The van der Waals surface area contributed by atoms with Crippen molar-refractivity contribution in [2.45, 2.75) is 6.54 Å². The highest BCUT2D eigenvalue weighted by Gasteiger charge is 2.26. The van der Waals surface area contributed by atoms with E-state index in [2.05, 4.69) is 35.7 Å². The maximum Gasteiger partial charge on any atom is 0.0914 e. The predicted octanol–water partition coefficient (Wildman–Crippen LogP) is 0.792. The maximum atomic E-state index is 5.99. The normalized spacial score (nSPS) is 18.6. The molecule has 0 spiro atoms. The molecule has 0 aliphatic carbocycles. The molecule has 1 heterocycles. The average Bonchev–Trinajstić information content (AvgIpc) is 2.47. The number of piperazine rings is 1. The zero-order chi connectivity index (χ0) is 15.3. The first-order chi connectivity index (χ1) is 10.0. The van der Waals surface area contributed by atoms with Gasteiger partial charge >= 0.3 is 0 Å². The number of hydrogen-bond donors (Lipinski definition) is 3. The summed E-state index contributed by atoms with van der Waals surface area (Å²) in [6, 6.07) is 6.22. The maximum absolute atomic E-state index is 5.99. The van der Waals surface area contributed by atoms with Crippen LogP contribution in [0.25, 0.3) is 0 Å². The van der Waals surface area contributed by atoms with Crippen LogP contribution in [-0.2, 0) is 6.54 Å². The molecule has 0 aromatic heterocycles. The second kappa shape index (κ2) is 7.11. The van der Waals surface area contributed by atoms with Crippen LogP contribution >= 0.6 is 0 Å². The van der Waals surface area contributed by atoms with Crippen LogP contribution in [0.5, 0.6) is 0 Å². The lowest BCUT2D eigenvalue weighted by Gasteiger charge is -2.41. The Bertz CT molecular complexity index is 452. The Morgan fingerprint density at radius 3 is 2.62 bits per heavy atom. The molecule has 1 aliphatic heterocycles. The van der Waals surface area contributed by atoms with Crippen LogP contribution in [-0.4, -0.2) is 69.8 Å². The standard InChI is InChI=1S/C16H30N5/c1-18-16-5-4-14(12-15(16)17)13-19-6-9-21(3)10-7-20(2)8-11-21/h4-5,12,18-19H,6-11,13,17H2,1-3H3/q+1. The number of anilines is 2. The van der Waals surface area contributed by atoms with Gasteiger partial charge in [0.2, 0.25) is 0 Å². The van der Waals surface area contributed by atoms with Crippen molar-refractivity contribution in [3.05, 3.63) is 23.8 Å². The number of nitrogens with two attached hydrogens (primary N) is 1. The van der Waals surface area contributed by atoms with Gasteiger partial charge in [0.1, 0.15) is 0 Å². The Morgan fingerprint density at radius 1 is 1.29 bits per heavy atom. The van der Waals surface area contributed by atoms with Gasteiger partial charge in [0, 0.05) is 33.2 Å². The number of rotatable bonds is 6. The van der Waals surface area contributed by atoms with Crippen LogP contribution in [0.3, 0.4) is 0 Å². The third-order valence-electron chi connectivity index (χ3n) is 4.59. The number of hydrogen-bond acceptors (Lipinski definition) is 4. The van der Waals surface area contributed by atoms with E-state index in [9.17, 15) is 0 Å². The first-order valence-electron chi connectivity index (χ1n) is 7.81. The Morgan fingerprint density at radius 2 is 2.00 bits per heavy atom. The van der Waals surface area contributed by atoms with Crippen molar-refractivity contribution in [1.29, 1.82) is 0 Å². The summed E-state index contributed by atoms with van der Waals surface area (Å²) in [7, 11) is 6.47. The minimum atomic E-state index is 0.815. The first-order valence-corrected chi connectivity index (χ1v) is 7.81. The van der Waals surface area contributed by atoms with E-state index >= 15 is 0 Å². The van der Waals surface area contributed by atoms with Crippen molar-refractivity contribution in [2.75, 3.05) is 71.5 Å². The molecule has 1 aromatic rings. The van der Waals surface area contributed by atoms with Crippen molar-refractivity contribution in [3.8, 4) is 0 Å². The van der Waals surface area contributed by atoms with Crippen molar-refractivity contribution in [3.63, 3.8) is 0 Å². The van der Waals surface area contributed by atoms with Gasteiger partial charge in [0.15, 0.2) is 0 Å². The third-order valence-corrected chi connectivity index (χ3v) is 4.59. The SMILES string of the molecule is CNc1ccc(CNCC[N+]2(C)CCN(C)CC2)cc1N. The molecule has 0 atom stereocenters. The Hall–Kier alpha value is -1.30. The van der Waals surface area contributed by atoms with Gasteiger partial charge in [-0.05, 0) is 24.7 Å². The van der Waals surface area contributed by atoms with Gasteiger partial charge in [-0.25, -0.2) is 0 Å². The molecule has 1 aliphatic rings. The lowest BCUT2D eigenvalue weighted by Crippen LogP contribution is -2.58. The molecule has 21 heavy (non-hydrogen) atoms. The number of nitrogen functional groups attached to an aromatic ring is 1.